The molecule has 1 aromatic carbocycles. The lowest BCUT2D eigenvalue weighted by atomic mass is 9.99. The zero-order valence-electron chi connectivity index (χ0n) is 11.1. The average molecular weight is 286 g/mol. The van der Waals surface area contributed by atoms with Crippen molar-refractivity contribution < 1.29 is 23.5 Å². The Hall–Kier alpha value is -2.18. The molecule has 0 saturated carbocycles. The molecule has 7 heteroatoms. The number of urea groups is 1. The molecule has 0 heterocycles. The lowest BCUT2D eigenvalue weighted by Crippen LogP contribution is -2.46. The number of carbonyl (C=O) groups is 2. The molecule has 2 atom stereocenters. The van der Waals surface area contributed by atoms with E-state index in [-0.39, 0.29) is 11.6 Å². The average Bonchev–Trinajstić information content (AvgIpc) is 2.39. The van der Waals surface area contributed by atoms with Gasteiger partial charge in [0.2, 0.25) is 0 Å². The highest BCUT2D eigenvalue weighted by Gasteiger charge is 2.25. The number of hydrogen-bond acceptors (Lipinski definition) is 2. The highest BCUT2D eigenvalue weighted by Crippen LogP contribution is 2.13. The molecule has 0 radical (unpaired) electrons. The molecule has 20 heavy (non-hydrogen) atoms. The number of carboxylic acid groups (broad SMARTS) is 1. The molecule has 0 aliphatic rings. The molecular formula is C13H16F2N2O3. The topological polar surface area (TPSA) is 78.4 Å². The third kappa shape index (κ3) is 4.18. The molecule has 0 unspecified atom stereocenters. The van der Waals surface area contributed by atoms with Crippen molar-refractivity contribution in [2.75, 3.05) is 5.32 Å². The van der Waals surface area contributed by atoms with Crippen LogP contribution in [0.5, 0.6) is 0 Å². The zero-order valence-corrected chi connectivity index (χ0v) is 11.1. The van der Waals surface area contributed by atoms with Crippen molar-refractivity contribution in [3.05, 3.63) is 29.8 Å². The molecule has 3 N–H and O–H groups in total. The third-order valence-corrected chi connectivity index (χ3v) is 2.94. The predicted octanol–water partition coefficient (Wildman–Crippen LogP) is 2.59. The summed E-state index contributed by atoms with van der Waals surface area (Å²) in [6.45, 7) is 3.49. The summed E-state index contributed by atoms with van der Waals surface area (Å²) in [7, 11) is 0. The Bertz CT molecular complexity index is 508. The van der Waals surface area contributed by atoms with E-state index in [1.54, 1.807) is 13.8 Å². The minimum Gasteiger partial charge on any atom is -0.480 e. The molecule has 0 aromatic heterocycles. The molecule has 110 valence electrons. The quantitative estimate of drug-likeness (QED) is 0.778. The van der Waals surface area contributed by atoms with Crippen LogP contribution in [0.2, 0.25) is 0 Å². The van der Waals surface area contributed by atoms with Crippen molar-refractivity contribution in [2.24, 2.45) is 5.92 Å². The molecule has 0 fully saturated rings. The highest BCUT2D eigenvalue weighted by atomic mass is 19.2. The van der Waals surface area contributed by atoms with Gasteiger partial charge in [-0.15, -0.1) is 0 Å². The van der Waals surface area contributed by atoms with E-state index in [1.807, 2.05) is 0 Å². The first kappa shape index (κ1) is 15.9. The van der Waals surface area contributed by atoms with E-state index in [4.69, 9.17) is 5.11 Å². The maximum atomic E-state index is 13.0. The van der Waals surface area contributed by atoms with Gasteiger partial charge >= 0.3 is 12.0 Å². The number of benzene rings is 1. The number of anilines is 1. The molecule has 5 nitrogen and oxygen atoms in total. The van der Waals surface area contributed by atoms with E-state index in [9.17, 15) is 18.4 Å². The lowest BCUT2D eigenvalue weighted by Gasteiger charge is -2.20. The van der Waals surface area contributed by atoms with Gasteiger partial charge in [-0.3, -0.25) is 0 Å². The highest BCUT2D eigenvalue weighted by molar-refractivity contribution is 5.92. The molecule has 1 rings (SSSR count). The Morgan fingerprint density at radius 2 is 1.95 bits per heavy atom. The molecule has 0 aliphatic heterocycles. The second kappa shape index (κ2) is 6.83. The van der Waals surface area contributed by atoms with Gasteiger partial charge in [-0.25, -0.2) is 18.4 Å². The van der Waals surface area contributed by atoms with Crippen molar-refractivity contribution in [1.29, 1.82) is 0 Å². The van der Waals surface area contributed by atoms with Crippen LogP contribution in [0.1, 0.15) is 20.3 Å². The Morgan fingerprint density at radius 1 is 1.30 bits per heavy atom. The van der Waals surface area contributed by atoms with Crippen LogP contribution >= 0.6 is 0 Å². The van der Waals surface area contributed by atoms with Crippen molar-refractivity contribution >= 4 is 17.7 Å². The smallest absolute Gasteiger partial charge is 0.326 e. The predicted molar refractivity (Wildman–Crippen MR) is 69.4 cm³/mol. The molecule has 0 saturated heterocycles. The van der Waals surface area contributed by atoms with Crippen LogP contribution in [-0.4, -0.2) is 23.1 Å². The molecule has 0 spiro atoms. The Morgan fingerprint density at radius 3 is 2.45 bits per heavy atom. The van der Waals surface area contributed by atoms with Crippen LogP contribution < -0.4 is 10.6 Å². The number of carbonyl (C=O) groups excluding carboxylic acids is 1. The van der Waals surface area contributed by atoms with E-state index >= 15 is 0 Å². The van der Waals surface area contributed by atoms with Gasteiger partial charge in [0.25, 0.3) is 0 Å². The molecule has 0 aliphatic carbocycles. The Kier molecular flexibility index (Phi) is 5.42. The first-order valence-electron chi connectivity index (χ1n) is 6.10. The largest absolute Gasteiger partial charge is 0.480 e. The van der Waals surface area contributed by atoms with Gasteiger partial charge in [-0.05, 0) is 18.1 Å². The summed E-state index contributed by atoms with van der Waals surface area (Å²) in [6.07, 6.45) is 0.572. The van der Waals surface area contributed by atoms with Gasteiger partial charge in [-0.1, -0.05) is 20.3 Å². The number of rotatable bonds is 5. The fourth-order valence-electron chi connectivity index (χ4n) is 1.57. The summed E-state index contributed by atoms with van der Waals surface area (Å²) in [4.78, 5) is 22.7. The van der Waals surface area contributed by atoms with E-state index in [0.29, 0.717) is 6.42 Å². The maximum Gasteiger partial charge on any atom is 0.326 e. The fraction of sp³-hybridized carbons (Fsp3) is 0.385. The second-order valence-corrected chi connectivity index (χ2v) is 4.43. The fourth-order valence-corrected chi connectivity index (χ4v) is 1.57. The standard InChI is InChI=1S/C13H16F2N2O3/c1-3-7(2)11(12(18)19)17-13(20)16-8-4-5-9(14)10(15)6-8/h4-7,11H,3H2,1-2H3,(H,18,19)(H2,16,17,20)/t7-,11-/m0/s1. The van der Waals surface area contributed by atoms with Crippen molar-refractivity contribution in [3.8, 4) is 0 Å². The second-order valence-electron chi connectivity index (χ2n) is 4.43. The van der Waals surface area contributed by atoms with Gasteiger partial charge < -0.3 is 15.7 Å². The summed E-state index contributed by atoms with van der Waals surface area (Å²) in [5.41, 5.74) is 0.0368. The van der Waals surface area contributed by atoms with E-state index in [0.717, 1.165) is 12.1 Å². The monoisotopic (exact) mass is 286 g/mol. The van der Waals surface area contributed by atoms with E-state index in [2.05, 4.69) is 10.6 Å². The summed E-state index contributed by atoms with van der Waals surface area (Å²) in [5.74, 6) is -3.54. The van der Waals surface area contributed by atoms with Crippen molar-refractivity contribution in [3.63, 3.8) is 0 Å². The summed E-state index contributed by atoms with van der Waals surface area (Å²) in [5, 5.41) is 13.6. The van der Waals surface area contributed by atoms with Gasteiger partial charge in [0.1, 0.15) is 6.04 Å². The minimum absolute atomic E-state index is 0.0368. The van der Waals surface area contributed by atoms with Crippen molar-refractivity contribution in [2.45, 2.75) is 26.3 Å². The lowest BCUT2D eigenvalue weighted by molar-refractivity contribution is -0.140. The van der Waals surface area contributed by atoms with Gasteiger partial charge in [0, 0.05) is 11.8 Å². The maximum absolute atomic E-state index is 13.0. The molecular weight excluding hydrogens is 270 g/mol. The first-order valence-corrected chi connectivity index (χ1v) is 6.10. The van der Waals surface area contributed by atoms with Crippen LogP contribution in [0, 0.1) is 17.6 Å². The number of hydrogen-bond donors (Lipinski definition) is 3. The van der Waals surface area contributed by atoms with Gasteiger partial charge in [0.15, 0.2) is 11.6 Å². The Balaban J connectivity index is 2.70. The number of aliphatic carboxylic acids is 1. The van der Waals surface area contributed by atoms with Gasteiger partial charge in [0.05, 0.1) is 0 Å². The van der Waals surface area contributed by atoms with Crippen LogP contribution in [0.3, 0.4) is 0 Å². The molecule has 2 amide bonds. The zero-order chi connectivity index (χ0) is 15.3. The molecule has 1 aromatic rings. The summed E-state index contributed by atoms with van der Waals surface area (Å²) in [6, 6.07) is 1.02. The normalized spacial score (nSPS) is 13.4. The molecule has 0 bridgehead atoms. The third-order valence-electron chi connectivity index (χ3n) is 2.94. The van der Waals surface area contributed by atoms with Crippen LogP contribution in [0.25, 0.3) is 0 Å². The summed E-state index contributed by atoms with van der Waals surface area (Å²) < 4.78 is 25.7. The SMILES string of the molecule is CC[C@H](C)[C@H](NC(=O)Nc1ccc(F)c(F)c1)C(=O)O. The van der Waals surface area contributed by atoms with Crippen LogP contribution in [0.4, 0.5) is 19.3 Å². The van der Waals surface area contributed by atoms with Crippen molar-refractivity contribution in [1.82, 2.24) is 5.32 Å². The summed E-state index contributed by atoms with van der Waals surface area (Å²) >= 11 is 0. The van der Waals surface area contributed by atoms with Gasteiger partial charge in [-0.2, -0.15) is 0 Å². The van der Waals surface area contributed by atoms with Crippen LogP contribution in [-0.2, 0) is 4.79 Å². The van der Waals surface area contributed by atoms with Crippen LogP contribution in [0.15, 0.2) is 18.2 Å². The minimum atomic E-state index is -1.15. The Labute approximate surface area is 115 Å². The first-order chi connectivity index (χ1) is 9.35. The number of amides is 2. The van der Waals surface area contributed by atoms with E-state index in [1.165, 1.54) is 6.07 Å². The number of halogens is 2. The number of carboxylic acids is 1. The van der Waals surface area contributed by atoms with E-state index < -0.39 is 29.7 Å². The number of nitrogens with one attached hydrogen (secondary N) is 2.